The third-order valence-electron chi connectivity index (χ3n) is 2.97. The Balaban J connectivity index is 0.00000220. The van der Waals surface area contributed by atoms with Crippen LogP contribution >= 0.6 is 12.4 Å². The molecule has 2 aromatic rings. The molecule has 2 rings (SSSR count). The van der Waals surface area contributed by atoms with Crippen molar-refractivity contribution in [3.05, 3.63) is 35.2 Å². The molecular formula is C14H21ClN4O2. The van der Waals surface area contributed by atoms with Gasteiger partial charge in [0, 0.05) is 7.05 Å². The molecule has 0 saturated heterocycles. The first-order chi connectivity index (χ1) is 9.60. The number of nitrogens with zero attached hydrogens (tertiary/aromatic N) is 3. The standard InChI is InChI=1S/C14H20N4O2.ClH/c1-10-4-5-12(11(2)8-10)19-7-6-18(3)14-17-16-13(9-15)20-14;/h4-5,8H,6-7,9,15H2,1-3H3;1H. The van der Waals surface area contributed by atoms with E-state index in [1.165, 1.54) is 5.56 Å². The summed E-state index contributed by atoms with van der Waals surface area (Å²) in [6.07, 6.45) is 0. The quantitative estimate of drug-likeness (QED) is 0.880. The summed E-state index contributed by atoms with van der Waals surface area (Å²) in [7, 11) is 1.87. The van der Waals surface area contributed by atoms with Crippen molar-refractivity contribution in [2.75, 3.05) is 25.1 Å². The molecule has 0 aliphatic heterocycles. The zero-order valence-corrected chi connectivity index (χ0v) is 13.3. The maximum absolute atomic E-state index is 5.76. The van der Waals surface area contributed by atoms with E-state index in [2.05, 4.69) is 23.2 Å². The molecule has 0 unspecified atom stereocenters. The number of aryl methyl sites for hydroxylation is 2. The van der Waals surface area contributed by atoms with Crippen LogP contribution in [0.5, 0.6) is 5.75 Å². The van der Waals surface area contributed by atoms with Gasteiger partial charge in [-0.1, -0.05) is 22.8 Å². The molecule has 1 aromatic carbocycles. The fourth-order valence-electron chi connectivity index (χ4n) is 1.83. The van der Waals surface area contributed by atoms with Crippen LogP contribution in [-0.4, -0.2) is 30.4 Å². The number of likely N-dealkylation sites (N-methyl/N-ethyl adjacent to an activating group) is 1. The third kappa shape index (κ3) is 4.61. The van der Waals surface area contributed by atoms with Gasteiger partial charge in [-0.3, -0.25) is 0 Å². The summed E-state index contributed by atoms with van der Waals surface area (Å²) >= 11 is 0. The van der Waals surface area contributed by atoms with Gasteiger partial charge in [0.15, 0.2) is 0 Å². The number of aromatic nitrogens is 2. The Bertz CT molecular complexity index is 574. The Kier molecular flexibility index (Phi) is 6.45. The van der Waals surface area contributed by atoms with Crippen molar-refractivity contribution in [1.82, 2.24) is 10.2 Å². The lowest BCUT2D eigenvalue weighted by atomic mass is 10.1. The van der Waals surface area contributed by atoms with Crippen LogP contribution in [0.15, 0.2) is 22.6 Å². The van der Waals surface area contributed by atoms with E-state index in [-0.39, 0.29) is 19.0 Å². The molecule has 0 bridgehead atoms. The van der Waals surface area contributed by atoms with Gasteiger partial charge in [0.1, 0.15) is 12.4 Å². The summed E-state index contributed by atoms with van der Waals surface area (Å²) < 4.78 is 11.1. The number of halogens is 1. The van der Waals surface area contributed by atoms with Gasteiger partial charge in [-0.25, -0.2) is 0 Å². The molecule has 0 fully saturated rings. The smallest absolute Gasteiger partial charge is 0.318 e. The summed E-state index contributed by atoms with van der Waals surface area (Å²) in [5.74, 6) is 1.33. The van der Waals surface area contributed by atoms with Gasteiger partial charge < -0.3 is 19.8 Å². The van der Waals surface area contributed by atoms with Crippen LogP contribution in [-0.2, 0) is 6.54 Å². The molecule has 0 amide bonds. The predicted molar refractivity (Wildman–Crippen MR) is 84.1 cm³/mol. The van der Waals surface area contributed by atoms with E-state index in [1.807, 2.05) is 31.0 Å². The Morgan fingerprint density at radius 2 is 2.05 bits per heavy atom. The minimum Gasteiger partial charge on any atom is -0.491 e. The third-order valence-corrected chi connectivity index (χ3v) is 2.97. The number of nitrogens with two attached hydrogens (primary N) is 1. The zero-order chi connectivity index (χ0) is 14.5. The SMILES string of the molecule is Cc1ccc(OCCN(C)c2nnc(CN)o2)c(C)c1.Cl. The second kappa shape index (κ2) is 7.85. The Morgan fingerprint density at radius 3 is 2.67 bits per heavy atom. The molecule has 21 heavy (non-hydrogen) atoms. The lowest BCUT2D eigenvalue weighted by Gasteiger charge is -2.15. The number of benzene rings is 1. The highest BCUT2D eigenvalue weighted by Gasteiger charge is 2.10. The van der Waals surface area contributed by atoms with Gasteiger partial charge >= 0.3 is 6.01 Å². The summed E-state index contributed by atoms with van der Waals surface area (Å²) in [5.41, 5.74) is 7.79. The van der Waals surface area contributed by atoms with Gasteiger partial charge in [0.05, 0.1) is 13.1 Å². The number of hydrogen-bond donors (Lipinski definition) is 1. The second-order valence-electron chi connectivity index (χ2n) is 4.72. The summed E-state index contributed by atoms with van der Waals surface area (Å²) in [4.78, 5) is 1.84. The fraction of sp³-hybridized carbons (Fsp3) is 0.429. The van der Waals surface area contributed by atoms with Crippen molar-refractivity contribution in [1.29, 1.82) is 0 Å². The summed E-state index contributed by atoms with van der Waals surface area (Å²) in [6.45, 7) is 5.55. The highest BCUT2D eigenvalue weighted by atomic mass is 35.5. The first-order valence-electron chi connectivity index (χ1n) is 6.54. The summed E-state index contributed by atoms with van der Waals surface area (Å²) in [6, 6.07) is 6.58. The molecule has 0 saturated carbocycles. The average Bonchev–Trinajstić information content (AvgIpc) is 2.90. The molecule has 7 heteroatoms. The van der Waals surface area contributed by atoms with E-state index < -0.39 is 0 Å². The molecule has 2 N–H and O–H groups in total. The first-order valence-corrected chi connectivity index (χ1v) is 6.54. The Labute approximate surface area is 130 Å². The van der Waals surface area contributed by atoms with E-state index in [0.29, 0.717) is 25.1 Å². The lowest BCUT2D eigenvalue weighted by Crippen LogP contribution is -2.24. The minimum atomic E-state index is 0. The van der Waals surface area contributed by atoms with Crippen molar-refractivity contribution in [2.45, 2.75) is 20.4 Å². The van der Waals surface area contributed by atoms with E-state index in [0.717, 1.165) is 11.3 Å². The van der Waals surface area contributed by atoms with Gasteiger partial charge in [-0.05, 0) is 25.5 Å². The lowest BCUT2D eigenvalue weighted by molar-refractivity contribution is 0.320. The van der Waals surface area contributed by atoms with Crippen molar-refractivity contribution in [3.63, 3.8) is 0 Å². The van der Waals surface area contributed by atoms with E-state index in [1.54, 1.807) is 0 Å². The van der Waals surface area contributed by atoms with Crippen LogP contribution in [0.4, 0.5) is 6.01 Å². The largest absolute Gasteiger partial charge is 0.491 e. The number of hydrogen-bond acceptors (Lipinski definition) is 6. The van der Waals surface area contributed by atoms with Gasteiger partial charge in [0.2, 0.25) is 5.89 Å². The monoisotopic (exact) mass is 312 g/mol. The molecule has 0 aliphatic rings. The Hall–Kier alpha value is -1.79. The number of rotatable bonds is 6. The topological polar surface area (TPSA) is 77.4 Å². The number of anilines is 1. The molecule has 6 nitrogen and oxygen atoms in total. The maximum atomic E-state index is 5.76. The van der Waals surface area contributed by atoms with E-state index >= 15 is 0 Å². The molecular weight excluding hydrogens is 292 g/mol. The molecule has 0 spiro atoms. The second-order valence-corrected chi connectivity index (χ2v) is 4.72. The van der Waals surface area contributed by atoms with Crippen molar-refractivity contribution in [3.8, 4) is 5.75 Å². The van der Waals surface area contributed by atoms with Crippen LogP contribution in [0, 0.1) is 13.8 Å². The predicted octanol–water partition coefficient (Wildman–Crippen LogP) is 2.08. The molecule has 1 heterocycles. The van der Waals surface area contributed by atoms with E-state index in [9.17, 15) is 0 Å². The summed E-state index contributed by atoms with van der Waals surface area (Å²) in [5, 5.41) is 7.74. The molecule has 0 atom stereocenters. The fourth-order valence-corrected chi connectivity index (χ4v) is 1.83. The van der Waals surface area contributed by atoms with Gasteiger partial charge in [-0.15, -0.1) is 17.5 Å². The Morgan fingerprint density at radius 1 is 1.29 bits per heavy atom. The molecule has 0 aliphatic carbocycles. The molecule has 116 valence electrons. The van der Waals surface area contributed by atoms with Crippen molar-refractivity contribution in [2.24, 2.45) is 5.73 Å². The van der Waals surface area contributed by atoms with Crippen LogP contribution in [0.1, 0.15) is 17.0 Å². The van der Waals surface area contributed by atoms with Crippen LogP contribution < -0.4 is 15.4 Å². The van der Waals surface area contributed by atoms with Crippen molar-refractivity contribution >= 4 is 18.4 Å². The highest BCUT2D eigenvalue weighted by Crippen LogP contribution is 2.18. The zero-order valence-electron chi connectivity index (χ0n) is 12.5. The van der Waals surface area contributed by atoms with Crippen LogP contribution in [0.3, 0.4) is 0 Å². The van der Waals surface area contributed by atoms with Crippen LogP contribution in [0.2, 0.25) is 0 Å². The van der Waals surface area contributed by atoms with E-state index in [4.69, 9.17) is 14.9 Å². The van der Waals surface area contributed by atoms with Crippen LogP contribution in [0.25, 0.3) is 0 Å². The normalized spacial score (nSPS) is 10.1. The average molecular weight is 313 g/mol. The maximum Gasteiger partial charge on any atom is 0.318 e. The van der Waals surface area contributed by atoms with Crippen molar-refractivity contribution < 1.29 is 9.15 Å². The minimum absolute atomic E-state index is 0. The molecule has 1 aromatic heterocycles. The highest BCUT2D eigenvalue weighted by molar-refractivity contribution is 5.85. The number of ether oxygens (including phenoxy) is 1. The first kappa shape index (κ1) is 17.3. The molecule has 0 radical (unpaired) electrons. The van der Waals surface area contributed by atoms with Gasteiger partial charge in [-0.2, -0.15) is 0 Å². The van der Waals surface area contributed by atoms with Gasteiger partial charge in [0.25, 0.3) is 0 Å².